The normalized spacial score (nSPS) is 32.3. The van der Waals surface area contributed by atoms with Gasteiger partial charge in [0.15, 0.2) is 9.84 Å². The Bertz CT molecular complexity index is 322. The summed E-state index contributed by atoms with van der Waals surface area (Å²) in [6.07, 6.45) is 8.93. The van der Waals surface area contributed by atoms with Crippen molar-refractivity contribution in [3.63, 3.8) is 0 Å². The molecule has 4 nitrogen and oxygen atoms in total. The van der Waals surface area contributed by atoms with Crippen molar-refractivity contribution in [2.45, 2.75) is 62.3 Å². The summed E-state index contributed by atoms with van der Waals surface area (Å²) in [4.78, 5) is 5.60. The van der Waals surface area contributed by atoms with Gasteiger partial charge in [0.25, 0.3) is 0 Å². The fraction of sp³-hybridized carbons (Fsp3) is 1.00. The molecule has 2 saturated carbocycles. The van der Waals surface area contributed by atoms with Gasteiger partial charge in [0, 0.05) is 12.3 Å². The fourth-order valence-electron chi connectivity index (χ4n) is 2.76. The predicted molar refractivity (Wildman–Crippen MR) is 62.7 cm³/mol. The molecular formula is C11H21NO3S. The van der Waals surface area contributed by atoms with Crippen LogP contribution >= 0.6 is 0 Å². The van der Waals surface area contributed by atoms with Gasteiger partial charge in [-0.15, -0.1) is 0 Å². The van der Waals surface area contributed by atoms with E-state index in [-0.39, 0.29) is 11.3 Å². The second kappa shape index (κ2) is 5.02. The summed E-state index contributed by atoms with van der Waals surface area (Å²) in [6.45, 7) is 0. The van der Waals surface area contributed by atoms with Gasteiger partial charge in [-0.3, -0.25) is 4.84 Å². The van der Waals surface area contributed by atoms with Crippen molar-refractivity contribution in [3.05, 3.63) is 0 Å². The van der Waals surface area contributed by atoms with Gasteiger partial charge in [-0.25, -0.2) is 8.42 Å². The minimum atomic E-state index is -2.94. The summed E-state index contributed by atoms with van der Waals surface area (Å²) in [5, 5.41) is -0.256. The first-order chi connectivity index (χ1) is 7.57. The molecule has 2 aliphatic carbocycles. The Kier molecular flexibility index (Phi) is 3.87. The molecule has 0 amide bonds. The Morgan fingerprint density at radius 3 is 2.38 bits per heavy atom. The molecule has 0 heterocycles. The highest BCUT2D eigenvalue weighted by Gasteiger charge is 2.35. The lowest BCUT2D eigenvalue weighted by Gasteiger charge is -2.21. The molecule has 2 aliphatic rings. The van der Waals surface area contributed by atoms with Crippen LogP contribution in [0.25, 0.3) is 0 Å². The Morgan fingerprint density at radius 2 is 1.75 bits per heavy atom. The van der Waals surface area contributed by atoms with Crippen LogP contribution in [0.2, 0.25) is 0 Å². The zero-order valence-corrected chi connectivity index (χ0v) is 10.6. The number of hydroxylamine groups is 1. The van der Waals surface area contributed by atoms with Gasteiger partial charge in [-0.1, -0.05) is 19.3 Å². The molecule has 2 fully saturated rings. The maximum absolute atomic E-state index is 11.5. The summed E-state index contributed by atoms with van der Waals surface area (Å²) in [7, 11) is -2.94. The van der Waals surface area contributed by atoms with Crippen LogP contribution in [0.15, 0.2) is 0 Å². The van der Waals surface area contributed by atoms with Crippen molar-refractivity contribution in [1.29, 1.82) is 0 Å². The molecule has 0 radical (unpaired) electrons. The van der Waals surface area contributed by atoms with Gasteiger partial charge in [0.2, 0.25) is 0 Å². The average molecular weight is 247 g/mol. The highest BCUT2D eigenvalue weighted by atomic mass is 32.2. The molecular weight excluding hydrogens is 226 g/mol. The van der Waals surface area contributed by atoms with Crippen LogP contribution in [-0.2, 0) is 14.7 Å². The average Bonchev–Trinajstić information content (AvgIpc) is 2.85. The van der Waals surface area contributed by atoms with Gasteiger partial charge in [-0.05, 0) is 25.7 Å². The van der Waals surface area contributed by atoms with Crippen LogP contribution in [0.5, 0.6) is 0 Å². The minimum absolute atomic E-state index is 0.00407. The Labute approximate surface area is 97.6 Å². The van der Waals surface area contributed by atoms with Crippen LogP contribution in [0, 0.1) is 0 Å². The minimum Gasteiger partial charge on any atom is -0.298 e. The number of hydrogen-bond donors (Lipinski definition) is 1. The summed E-state index contributed by atoms with van der Waals surface area (Å²) < 4.78 is 23.1. The lowest BCUT2D eigenvalue weighted by molar-refractivity contribution is -0.0383. The van der Waals surface area contributed by atoms with Crippen LogP contribution in [0.4, 0.5) is 0 Å². The largest absolute Gasteiger partial charge is 0.298 e. The molecule has 1 N–H and O–H groups in total. The molecule has 0 aromatic carbocycles. The van der Waals surface area contributed by atoms with Crippen molar-refractivity contribution in [3.8, 4) is 0 Å². The lowest BCUT2D eigenvalue weighted by atomic mass is 10.3. The highest BCUT2D eigenvalue weighted by molar-refractivity contribution is 7.91. The van der Waals surface area contributed by atoms with E-state index in [0.717, 1.165) is 32.1 Å². The first-order valence-electron chi connectivity index (χ1n) is 6.17. The third-order valence-corrected chi connectivity index (χ3v) is 5.35. The molecule has 2 unspecified atom stereocenters. The molecule has 2 atom stereocenters. The van der Waals surface area contributed by atoms with E-state index in [4.69, 9.17) is 4.84 Å². The lowest BCUT2D eigenvalue weighted by Crippen LogP contribution is -2.41. The monoisotopic (exact) mass is 247 g/mol. The van der Waals surface area contributed by atoms with Gasteiger partial charge in [-0.2, -0.15) is 5.48 Å². The van der Waals surface area contributed by atoms with Crippen LogP contribution in [0.3, 0.4) is 0 Å². The molecule has 0 aromatic rings. The number of rotatable bonds is 4. The van der Waals surface area contributed by atoms with E-state index in [0.29, 0.717) is 6.10 Å². The molecule has 0 spiro atoms. The molecule has 0 saturated heterocycles. The van der Waals surface area contributed by atoms with Crippen molar-refractivity contribution in [2.24, 2.45) is 0 Å². The van der Waals surface area contributed by atoms with E-state index >= 15 is 0 Å². The molecule has 0 bridgehead atoms. The number of nitrogens with one attached hydrogen (secondary N) is 1. The Balaban J connectivity index is 1.84. The van der Waals surface area contributed by atoms with Crippen LogP contribution in [-0.4, -0.2) is 32.1 Å². The zero-order chi connectivity index (χ0) is 11.6. The van der Waals surface area contributed by atoms with E-state index in [1.165, 1.54) is 19.1 Å². The van der Waals surface area contributed by atoms with E-state index in [1.807, 2.05) is 0 Å². The highest BCUT2D eigenvalue weighted by Crippen LogP contribution is 2.26. The molecule has 0 aliphatic heterocycles. The van der Waals surface area contributed by atoms with E-state index < -0.39 is 9.84 Å². The first-order valence-corrected chi connectivity index (χ1v) is 8.13. The van der Waals surface area contributed by atoms with Crippen molar-refractivity contribution in [2.75, 3.05) is 6.26 Å². The maximum atomic E-state index is 11.5. The Morgan fingerprint density at radius 1 is 1.06 bits per heavy atom. The number of hydrogen-bond acceptors (Lipinski definition) is 4. The molecule has 0 aromatic heterocycles. The summed E-state index contributed by atoms with van der Waals surface area (Å²) in [6, 6.07) is -0.00407. The second-order valence-electron chi connectivity index (χ2n) is 5.05. The van der Waals surface area contributed by atoms with E-state index in [2.05, 4.69) is 5.48 Å². The summed E-state index contributed by atoms with van der Waals surface area (Å²) >= 11 is 0. The second-order valence-corrected chi connectivity index (χ2v) is 7.31. The molecule has 16 heavy (non-hydrogen) atoms. The Hall–Kier alpha value is -0.130. The zero-order valence-electron chi connectivity index (χ0n) is 9.81. The van der Waals surface area contributed by atoms with Crippen LogP contribution < -0.4 is 5.48 Å². The number of sulfone groups is 1. The van der Waals surface area contributed by atoms with Crippen molar-refractivity contribution < 1.29 is 13.3 Å². The van der Waals surface area contributed by atoms with Gasteiger partial charge in [0.05, 0.1) is 11.4 Å². The van der Waals surface area contributed by atoms with E-state index in [9.17, 15) is 8.42 Å². The topological polar surface area (TPSA) is 55.4 Å². The summed E-state index contributed by atoms with van der Waals surface area (Å²) in [5.74, 6) is 0. The smallest absolute Gasteiger partial charge is 0.151 e. The standard InChI is InChI=1S/C11H21NO3S/c1-16(13,14)11-8-4-7-10(11)12-15-9-5-2-3-6-9/h9-12H,2-8H2,1H3. The fourth-order valence-corrected chi connectivity index (χ4v) is 4.15. The van der Waals surface area contributed by atoms with Gasteiger partial charge >= 0.3 is 0 Å². The predicted octanol–water partition coefficient (Wildman–Crippen LogP) is 1.42. The SMILES string of the molecule is CS(=O)(=O)C1CCCC1NOC1CCCC1. The maximum Gasteiger partial charge on any atom is 0.151 e. The molecule has 94 valence electrons. The molecule has 5 heteroatoms. The third-order valence-electron chi connectivity index (χ3n) is 3.69. The van der Waals surface area contributed by atoms with Gasteiger partial charge in [0.1, 0.15) is 0 Å². The first kappa shape index (κ1) is 12.3. The third kappa shape index (κ3) is 2.96. The van der Waals surface area contributed by atoms with Crippen LogP contribution in [0.1, 0.15) is 44.9 Å². The quantitative estimate of drug-likeness (QED) is 0.763. The van der Waals surface area contributed by atoms with E-state index in [1.54, 1.807) is 0 Å². The molecule has 2 rings (SSSR count). The van der Waals surface area contributed by atoms with Crippen molar-refractivity contribution in [1.82, 2.24) is 5.48 Å². The summed E-state index contributed by atoms with van der Waals surface area (Å²) in [5.41, 5.74) is 3.00. The van der Waals surface area contributed by atoms with Crippen molar-refractivity contribution >= 4 is 9.84 Å². The van der Waals surface area contributed by atoms with Gasteiger partial charge < -0.3 is 0 Å².